The second kappa shape index (κ2) is 7.53. The summed E-state index contributed by atoms with van der Waals surface area (Å²) in [6.07, 6.45) is 0. The summed E-state index contributed by atoms with van der Waals surface area (Å²) in [4.78, 5) is 0. The van der Waals surface area contributed by atoms with Crippen molar-refractivity contribution < 1.29 is 21.6 Å². The topological polar surface area (TPSA) is 52.6 Å². The highest BCUT2D eigenvalue weighted by atomic mass is 32.3. The lowest BCUT2D eigenvalue weighted by Crippen LogP contribution is -2.41. The van der Waals surface area contributed by atoms with Crippen LogP contribution in [0.25, 0.3) is 0 Å². The molecule has 0 N–H and O–H groups in total. The highest BCUT2D eigenvalue weighted by Gasteiger charge is 2.52. The van der Waals surface area contributed by atoms with Gasteiger partial charge >= 0.3 is 17.3 Å². The van der Waals surface area contributed by atoms with Gasteiger partial charge in [-0.2, -0.15) is 8.42 Å². The lowest BCUT2D eigenvalue weighted by molar-refractivity contribution is 0.00578. The monoisotopic (exact) mass is 438 g/mol. The van der Waals surface area contributed by atoms with Crippen molar-refractivity contribution in [1.82, 2.24) is 0 Å². The van der Waals surface area contributed by atoms with E-state index in [1.807, 2.05) is 41.5 Å². The van der Waals surface area contributed by atoms with Crippen molar-refractivity contribution in [3.8, 4) is 11.5 Å². The zero-order valence-corrected chi connectivity index (χ0v) is 21.0. The van der Waals surface area contributed by atoms with Gasteiger partial charge in [-0.15, -0.1) is 9.43 Å². The molecule has 8 heteroatoms. The zero-order chi connectivity index (χ0) is 22.6. The predicted molar refractivity (Wildman–Crippen MR) is 120 cm³/mol. The van der Waals surface area contributed by atoms with Crippen LogP contribution >= 0.6 is 0 Å². The lowest BCUT2D eigenvalue weighted by Gasteiger charge is -2.32. The summed E-state index contributed by atoms with van der Waals surface area (Å²) in [5.41, 5.74) is 6.44. The number of hydrogen-bond acceptors (Lipinski definition) is 4. The Kier molecular flexibility index (Phi) is 6.26. The van der Waals surface area contributed by atoms with Crippen molar-refractivity contribution in [1.29, 1.82) is 0 Å². The molecule has 2 rings (SSSR count). The van der Waals surface area contributed by atoms with Crippen molar-refractivity contribution in [2.75, 3.05) is 0 Å². The Morgan fingerprint density at radius 1 is 0.966 bits per heavy atom. The first-order valence-corrected chi connectivity index (χ1v) is 14.9. The van der Waals surface area contributed by atoms with Gasteiger partial charge in [-0.05, 0) is 76.2 Å². The molecule has 0 spiro atoms. The Balaban J connectivity index is 2.80. The van der Waals surface area contributed by atoms with E-state index < -0.39 is 42.4 Å². The van der Waals surface area contributed by atoms with Gasteiger partial charge in [0.15, 0.2) is 0 Å². The van der Waals surface area contributed by atoms with E-state index in [1.165, 1.54) is 0 Å². The minimum atomic E-state index is -4.70. The van der Waals surface area contributed by atoms with Crippen LogP contribution < -0.4 is 5.46 Å². The molecular formula is C21H32BFO4SSi. The molecule has 0 saturated carbocycles. The molecule has 0 atom stereocenters. The Morgan fingerprint density at radius 2 is 1.45 bits per heavy atom. The summed E-state index contributed by atoms with van der Waals surface area (Å²) >= 11 is 0. The molecule has 0 aromatic heterocycles. The van der Waals surface area contributed by atoms with Crippen LogP contribution in [0.5, 0.6) is 0 Å². The minimum absolute atomic E-state index is 0.433. The minimum Gasteiger partial charge on any atom is -0.399 e. The fourth-order valence-corrected chi connectivity index (χ4v) is 4.71. The van der Waals surface area contributed by atoms with E-state index in [1.54, 1.807) is 6.92 Å². The molecule has 0 radical (unpaired) electrons. The second-order valence-corrected chi connectivity index (χ2v) is 16.0. The third-order valence-corrected chi connectivity index (χ3v) is 7.34. The summed E-state index contributed by atoms with van der Waals surface area (Å²) in [6, 6.07) is 0. The Morgan fingerprint density at radius 3 is 1.86 bits per heavy atom. The molecule has 0 amide bonds. The van der Waals surface area contributed by atoms with E-state index in [-0.39, 0.29) is 0 Å². The quantitative estimate of drug-likeness (QED) is 0.408. The van der Waals surface area contributed by atoms with Gasteiger partial charge in [0.2, 0.25) is 0 Å². The number of hydrogen-bond donors (Lipinski definition) is 0. The fourth-order valence-electron chi connectivity index (χ4n) is 3.43. The third-order valence-electron chi connectivity index (χ3n) is 5.83. The predicted octanol–water partition coefficient (Wildman–Crippen LogP) is 3.94. The van der Waals surface area contributed by atoms with Crippen molar-refractivity contribution in [2.45, 2.75) is 85.1 Å². The lowest BCUT2D eigenvalue weighted by atomic mass is 9.70. The number of benzene rings is 1. The summed E-state index contributed by atoms with van der Waals surface area (Å²) in [7, 11) is -7.05. The zero-order valence-electron chi connectivity index (χ0n) is 19.2. The van der Waals surface area contributed by atoms with Crippen LogP contribution in [0.2, 0.25) is 19.6 Å². The van der Waals surface area contributed by atoms with Crippen LogP contribution in [0, 0.1) is 32.2 Å². The molecule has 29 heavy (non-hydrogen) atoms. The molecule has 1 fully saturated rings. The van der Waals surface area contributed by atoms with E-state index in [9.17, 15) is 12.3 Å². The maximum absolute atomic E-state index is 13.7. The van der Waals surface area contributed by atoms with Crippen LogP contribution in [0.4, 0.5) is 3.89 Å². The summed E-state index contributed by atoms with van der Waals surface area (Å²) in [5, 5.41) is 0. The number of halogens is 1. The molecule has 0 unspecified atom stereocenters. The molecule has 4 nitrogen and oxygen atoms in total. The van der Waals surface area contributed by atoms with Gasteiger partial charge in [0.05, 0.1) is 11.2 Å². The molecule has 1 aliphatic rings. The van der Waals surface area contributed by atoms with Gasteiger partial charge in [-0.25, -0.2) is 0 Å². The molecule has 1 aromatic carbocycles. The van der Waals surface area contributed by atoms with Crippen LogP contribution in [0.3, 0.4) is 0 Å². The van der Waals surface area contributed by atoms with Crippen LogP contribution in [0.15, 0.2) is 0 Å². The molecule has 160 valence electrons. The largest absolute Gasteiger partial charge is 0.495 e. The van der Waals surface area contributed by atoms with E-state index in [0.717, 1.165) is 16.6 Å². The van der Waals surface area contributed by atoms with E-state index in [2.05, 4.69) is 31.1 Å². The van der Waals surface area contributed by atoms with E-state index >= 15 is 0 Å². The van der Waals surface area contributed by atoms with Crippen molar-refractivity contribution >= 4 is 30.9 Å². The third kappa shape index (κ3) is 5.14. The average molecular weight is 438 g/mol. The molecule has 0 aliphatic carbocycles. The molecule has 1 saturated heterocycles. The van der Waals surface area contributed by atoms with Gasteiger partial charge < -0.3 is 9.31 Å². The Bertz CT molecular complexity index is 982. The van der Waals surface area contributed by atoms with Crippen molar-refractivity contribution in [3.63, 3.8) is 0 Å². The molecule has 1 heterocycles. The summed E-state index contributed by atoms with van der Waals surface area (Å²) in [6.45, 7) is 19.8. The van der Waals surface area contributed by atoms with Gasteiger partial charge in [0.25, 0.3) is 0 Å². The first-order valence-electron chi connectivity index (χ1n) is 9.80. The highest BCUT2D eigenvalue weighted by molar-refractivity contribution is 7.85. The molecule has 0 bridgehead atoms. The van der Waals surface area contributed by atoms with Crippen LogP contribution in [-0.4, -0.2) is 34.8 Å². The standard InChI is InChI=1S/C21H32BFO4SSi/c1-14-17(11-12-29(8,9)10)15(2)19(16(3)18(14)13-28(23,24)25)22-26-20(4,5)21(6,7)27-22/h13H2,1-10H3. The molecule has 1 aromatic rings. The smallest absolute Gasteiger partial charge is 0.399 e. The molecular weight excluding hydrogens is 406 g/mol. The highest BCUT2D eigenvalue weighted by Crippen LogP contribution is 2.37. The summed E-state index contributed by atoms with van der Waals surface area (Å²) in [5.74, 6) is 2.58. The van der Waals surface area contributed by atoms with Crippen molar-refractivity contribution in [3.05, 3.63) is 27.8 Å². The maximum atomic E-state index is 13.7. The van der Waals surface area contributed by atoms with Crippen LogP contribution in [0.1, 0.15) is 55.5 Å². The molecule has 1 aliphatic heterocycles. The number of rotatable bonds is 3. The van der Waals surface area contributed by atoms with Crippen LogP contribution in [-0.2, 0) is 25.3 Å². The Hall–Kier alpha value is -1.14. The Labute approximate surface area is 176 Å². The van der Waals surface area contributed by atoms with E-state index in [4.69, 9.17) is 9.31 Å². The van der Waals surface area contributed by atoms with Gasteiger partial charge in [-0.3, -0.25) is 0 Å². The van der Waals surface area contributed by atoms with Crippen molar-refractivity contribution in [2.24, 2.45) is 0 Å². The normalized spacial score (nSPS) is 18.5. The summed E-state index contributed by atoms with van der Waals surface area (Å²) < 4.78 is 49.1. The maximum Gasteiger partial charge on any atom is 0.495 e. The van der Waals surface area contributed by atoms with E-state index in [0.29, 0.717) is 16.7 Å². The van der Waals surface area contributed by atoms with Gasteiger partial charge in [0, 0.05) is 5.56 Å². The second-order valence-electron chi connectivity index (χ2n) is 9.91. The average Bonchev–Trinajstić information content (AvgIpc) is 2.69. The van der Waals surface area contributed by atoms with Gasteiger partial charge in [0.1, 0.15) is 13.8 Å². The first kappa shape index (κ1) is 24.1. The van der Waals surface area contributed by atoms with Gasteiger partial charge in [-0.1, -0.05) is 25.6 Å². The SMILES string of the molecule is Cc1c(C#C[Si](C)(C)C)c(C)c(B2OC(C)(C)C(C)(C)O2)c(C)c1CS(=O)(=O)F. The fraction of sp³-hybridized carbons (Fsp3) is 0.619. The first-order chi connectivity index (χ1) is 12.9.